The highest BCUT2D eigenvalue weighted by Gasteiger charge is 2.16. The van der Waals surface area contributed by atoms with Gasteiger partial charge in [0.05, 0.1) is 30.2 Å². The van der Waals surface area contributed by atoms with Gasteiger partial charge in [0, 0.05) is 43.5 Å². The van der Waals surface area contributed by atoms with Gasteiger partial charge in [-0.15, -0.1) is 0 Å². The largest absolute Gasteiger partial charge is 0.329 e. The molecule has 0 aliphatic heterocycles. The molecule has 0 bridgehead atoms. The summed E-state index contributed by atoms with van der Waals surface area (Å²) >= 11 is 30.7. The number of halogens is 4. The highest BCUT2D eigenvalue weighted by atomic mass is 35.5. The van der Waals surface area contributed by atoms with E-state index in [1.165, 1.54) is 0 Å². The van der Waals surface area contributed by atoms with Crippen molar-refractivity contribution >= 4 is 75.2 Å². The minimum atomic E-state index is 0.391. The molecule has 11 heteroatoms. The van der Waals surface area contributed by atoms with Crippen LogP contribution in [0.2, 0.25) is 20.1 Å². The van der Waals surface area contributed by atoms with E-state index in [9.17, 15) is 0 Å². The topological polar surface area (TPSA) is 59.7 Å². The van der Waals surface area contributed by atoms with Gasteiger partial charge in [-0.05, 0) is 50.3 Å². The lowest BCUT2D eigenvalue weighted by Crippen LogP contribution is -2.20. The molecule has 0 spiro atoms. The van der Waals surface area contributed by atoms with Gasteiger partial charge in [-0.2, -0.15) is 10.2 Å². The van der Waals surface area contributed by atoms with Crippen LogP contribution in [0.3, 0.4) is 0 Å². The third-order valence-electron chi connectivity index (χ3n) is 5.25. The Bertz CT molecular complexity index is 1320. The summed E-state index contributed by atoms with van der Waals surface area (Å²) in [4.78, 5) is 0. The minimum absolute atomic E-state index is 0.391. The van der Waals surface area contributed by atoms with Crippen molar-refractivity contribution in [1.29, 1.82) is 0 Å². The van der Waals surface area contributed by atoms with Gasteiger partial charge in [-0.1, -0.05) is 58.5 Å². The molecule has 0 aliphatic carbocycles. The smallest absolute Gasteiger partial charge is 0.176 e. The van der Waals surface area contributed by atoms with Crippen LogP contribution in [-0.2, 0) is 13.1 Å². The summed E-state index contributed by atoms with van der Waals surface area (Å²) in [7, 11) is 0. The number of benzene rings is 2. The van der Waals surface area contributed by atoms with Crippen LogP contribution in [0.1, 0.15) is 22.5 Å². The van der Waals surface area contributed by atoms with Crippen LogP contribution in [-0.4, -0.2) is 24.7 Å². The molecule has 34 heavy (non-hydrogen) atoms. The maximum absolute atomic E-state index is 6.33. The zero-order chi connectivity index (χ0) is 24.4. The maximum Gasteiger partial charge on any atom is 0.176 e. The number of hydrogen-bond acceptors (Lipinski definition) is 3. The van der Waals surface area contributed by atoms with E-state index in [2.05, 4.69) is 20.8 Å². The van der Waals surface area contributed by atoms with Crippen molar-refractivity contribution in [2.75, 3.05) is 10.6 Å². The summed E-state index contributed by atoms with van der Waals surface area (Å²) in [5, 5.41) is 18.2. The Kier molecular flexibility index (Phi) is 7.70. The summed E-state index contributed by atoms with van der Waals surface area (Å²) in [6.07, 6.45) is 1.83. The average Bonchev–Trinajstić information content (AvgIpc) is 3.32. The van der Waals surface area contributed by atoms with Crippen molar-refractivity contribution in [3.8, 4) is 0 Å². The van der Waals surface area contributed by atoms with Crippen molar-refractivity contribution in [1.82, 2.24) is 19.6 Å². The van der Waals surface area contributed by atoms with Crippen molar-refractivity contribution in [3.05, 3.63) is 91.3 Å². The van der Waals surface area contributed by atoms with Crippen molar-refractivity contribution in [3.63, 3.8) is 0 Å². The van der Waals surface area contributed by atoms with E-state index >= 15 is 0 Å². The fourth-order valence-electron chi connectivity index (χ4n) is 3.49. The summed E-state index contributed by atoms with van der Waals surface area (Å²) in [6, 6.07) is 12.7. The molecule has 176 valence electrons. The Morgan fingerprint density at radius 1 is 0.824 bits per heavy atom. The quantitative estimate of drug-likeness (QED) is 0.247. The molecular formula is C23H20Cl4N6S. The Hall–Kier alpha value is -2.29. The minimum Gasteiger partial charge on any atom is -0.329 e. The first-order chi connectivity index (χ1) is 16.2. The second-order valence-electron chi connectivity index (χ2n) is 7.58. The standard InChI is InChI=1S/C23H20Cl4N6S/c1-13-22(14(2)33(30-13)12-16-19(26)7-4-8-20(16)27)29-23(34)28-21-9-10-32(31-21)11-15-17(24)5-3-6-18(15)25/h3-10H,11-12H2,1-2H3,(H2,28,29,31,34). The van der Waals surface area contributed by atoms with E-state index < -0.39 is 0 Å². The van der Waals surface area contributed by atoms with Crippen molar-refractivity contribution < 1.29 is 0 Å². The first-order valence-electron chi connectivity index (χ1n) is 10.2. The number of aryl methyl sites for hydroxylation is 1. The number of aromatic nitrogens is 4. The van der Waals surface area contributed by atoms with E-state index in [1.54, 1.807) is 16.8 Å². The molecule has 2 aromatic heterocycles. The van der Waals surface area contributed by atoms with Crippen LogP contribution in [0.4, 0.5) is 11.5 Å². The lowest BCUT2D eigenvalue weighted by molar-refractivity contribution is 0.659. The van der Waals surface area contributed by atoms with Crippen LogP contribution in [0.5, 0.6) is 0 Å². The van der Waals surface area contributed by atoms with Crippen LogP contribution in [0, 0.1) is 13.8 Å². The van der Waals surface area contributed by atoms with Crippen molar-refractivity contribution in [2.24, 2.45) is 0 Å². The fourth-order valence-corrected chi connectivity index (χ4v) is 4.73. The van der Waals surface area contributed by atoms with Gasteiger partial charge in [-0.25, -0.2) is 0 Å². The van der Waals surface area contributed by atoms with E-state index in [-0.39, 0.29) is 0 Å². The lowest BCUT2D eigenvalue weighted by Gasteiger charge is -2.11. The predicted octanol–water partition coefficient (Wildman–Crippen LogP) is 7.22. The lowest BCUT2D eigenvalue weighted by atomic mass is 10.2. The Morgan fingerprint density at radius 3 is 1.97 bits per heavy atom. The zero-order valence-corrected chi connectivity index (χ0v) is 22.1. The normalized spacial score (nSPS) is 11.0. The molecule has 0 aliphatic rings. The first kappa shape index (κ1) is 24.8. The molecule has 2 N–H and O–H groups in total. The van der Waals surface area contributed by atoms with E-state index in [0.29, 0.717) is 44.1 Å². The van der Waals surface area contributed by atoms with Gasteiger partial charge in [0.15, 0.2) is 10.9 Å². The van der Waals surface area contributed by atoms with Gasteiger partial charge in [0.25, 0.3) is 0 Å². The summed E-state index contributed by atoms with van der Waals surface area (Å²) in [6.45, 7) is 4.75. The molecule has 0 unspecified atom stereocenters. The molecule has 0 saturated heterocycles. The number of anilines is 2. The summed E-state index contributed by atoms with van der Waals surface area (Å²) in [5.41, 5.74) is 4.12. The molecule has 4 rings (SSSR count). The number of nitrogens with one attached hydrogen (secondary N) is 2. The highest BCUT2D eigenvalue weighted by molar-refractivity contribution is 7.80. The second kappa shape index (κ2) is 10.5. The molecule has 0 amide bonds. The number of hydrogen-bond donors (Lipinski definition) is 2. The Labute approximate surface area is 222 Å². The first-order valence-corrected chi connectivity index (χ1v) is 12.2. The molecule has 6 nitrogen and oxygen atoms in total. The van der Waals surface area contributed by atoms with Gasteiger partial charge in [-0.3, -0.25) is 9.36 Å². The number of nitrogens with zero attached hydrogens (tertiary/aromatic N) is 4. The van der Waals surface area contributed by atoms with Crippen LogP contribution in [0.25, 0.3) is 0 Å². The van der Waals surface area contributed by atoms with Gasteiger partial charge in [0.2, 0.25) is 0 Å². The molecular weight excluding hydrogens is 534 g/mol. The average molecular weight is 554 g/mol. The predicted molar refractivity (Wildman–Crippen MR) is 145 cm³/mol. The van der Waals surface area contributed by atoms with E-state index in [4.69, 9.17) is 58.6 Å². The van der Waals surface area contributed by atoms with Gasteiger partial charge >= 0.3 is 0 Å². The molecule has 0 atom stereocenters. The molecule has 2 aromatic carbocycles. The van der Waals surface area contributed by atoms with Crippen LogP contribution < -0.4 is 10.6 Å². The van der Waals surface area contributed by atoms with Crippen LogP contribution >= 0.6 is 58.6 Å². The fraction of sp³-hybridized carbons (Fsp3) is 0.174. The molecule has 0 radical (unpaired) electrons. The third-order valence-corrected chi connectivity index (χ3v) is 6.87. The molecule has 0 saturated carbocycles. The number of thiocarbonyl (C=S) groups is 1. The Balaban J connectivity index is 1.44. The number of rotatable bonds is 6. The van der Waals surface area contributed by atoms with Crippen molar-refractivity contribution in [2.45, 2.75) is 26.9 Å². The zero-order valence-electron chi connectivity index (χ0n) is 18.2. The molecule has 2 heterocycles. The SMILES string of the molecule is Cc1nn(Cc2c(Cl)cccc2Cl)c(C)c1NC(=S)Nc1ccn(Cc2c(Cl)cccc2Cl)n1. The highest BCUT2D eigenvalue weighted by Crippen LogP contribution is 2.28. The van der Waals surface area contributed by atoms with Gasteiger partial charge < -0.3 is 10.6 Å². The maximum atomic E-state index is 6.33. The third kappa shape index (κ3) is 5.50. The molecule has 4 aromatic rings. The summed E-state index contributed by atoms with van der Waals surface area (Å²) < 4.78 is 3.58. The van der Waals surface area contributed by atoms with E-state index in [0.717, 1.165) is 28.2 Å². The monoisotopic (exact) mass is 552 g/mol. The van der Waals surface area contributed by atoms with Gasteiger partial charge in [0.1, 0.15) is 0 Å². The molecule has 0 fully saturated rings. The Morgan fingerprint density at radius 2 is 1.38 bits per heavy atom. The summed E-state index contributed by atoms with van der Waals surface area (Å²) in [5.74, 6) is 0.589. The van der Waals surface area contributed by atoms with E-state index in [1.807, 2.05) is 55.1 Å². The second-order valence-corrected chi connectivity index (χ2v) is 9.62. The van der Waals surface area contributed by atoms with Crippen LogP contribution in [0.15, 0.2) is 48.7 Å².